The normalized spacial score (nSPS) is 12.3. The second-order valence-electron chi connectivity index (χ2n) is 15.5. The van der Waals surface area contributed by atoms with Gasteiger partial charge in [-0.25, -0.2) is 0 Å². The van der Waals surface area contributed by atoms with Crippen molar-refractivity contribution in [3.8, 4) is 0 Å². The number of unbranched alkanes of at least 4 members (excludes halogenated alkanes) is 32. The summed E-state index contributed by atoms with van der Waals surface area (Å²) in [5, 5.41) is 0. The number of allylic oxidation sites excluding steroid dienone is 2. The molecule has 0 aliphatic carbocycles. The van der Waals surface area contributed by atoms with Gasteiger partial charge in [0.05, 0.1) is 12.5 Å². The van der Waals surface area contributed by atoms with Gasteiger partial charge in [-0.3, -0.25) is 4.79 Å². The predicted octanol–water partition coefficient (Wildman–Crippen LogP) is 16.6. The van der Waals surface area contributed by atoms with Gasteiger partial charge in [-0.2, -0.15) is 0 Å². The summed E-state index contributed by atoms with van der Waals surface area (Å²) in [7, 11) is 0. The Morgan fingerprint density at radius 3 is 1.04 bits per heavy atom. The van der Waals surface area contributed by atoms with Crippen LogP contribution in [-0.2, 0) is 9.53 Å². The van der Waals surface area contributed by atoms with Crippen molar-refractivity contribution in [2.45, 2.75) is 265 Å². The minimum absolute atomic E-state index is 0.109. The minimum Gasteiger partial charge on any atom is -0.465 e. The molecular formula is C46H90O2. The third-order valence-electron chi connectivity index (χ3n) is 10.5. The van der Waals surface area contributed by atoms with Gasteiger partial charge >= 0.3 is 5.97 Å². The molecule has 0 bridgehead atoms. The lowest BCUT2D eigenvalue weighted by molar-refractivity contribution is -0.149. The molecule has 0 aliphatic heterocycles. The molecule has 0 rings (SSSR count). The van der Waals surface area contributed by atoms with Crippen molar-refractivity contribution >= 4 is 5.97 Å². The Morgan fingerprint density at radius 2 is 0.667 bits per heavy atom. The Balaban J connectivity index is 4.05. The third-order valence-corrected chi connectivity index (χ3v) is 10.5. The molecule has 2 heteroatoms. The van der Waals surface area contributed by atoms with E-state index in [1.165, 1.54) is 225 Å². The van der Waals surface area contributed by atoms with Crippen molar-refractivity contribution in [2.75, 3.05) is 6.61 Å². The molecule has 0 aromatic rings. The van der Waals surface area contributed by atoms with Crippen molar-refractivity contribution in [1.29, 1.82) is 0 Å². The average molecular weight is 675 g/mol. The Kier molecular flexibility index (Phi) is 41.7. The molecule has 1 atom stereocenters. The number of ether oxygens (including phenoxy) is 1. The molecular weight excluding hydrogens is 585 g/mol. The van der Waals surface area contributed by atoms with Gasteiger partial charge in [-0.15, -0.1) is 0 Å². The van der Waals surface area contributed by atoms with Crippen LogP contribution in [0.4, 0.5) is 0 Å². The van der Waals surface area contributed by atoms with Gasteiger partial charge < -0.3 is 4.74 Å². The van der Waals surface area contributed by atoms with Crippen LogP contribution in [-0.4, -0.2) is 12.6 Å². The first kappa shape index (κ1) is 47.2. The molecule has 1 unspecified atom stereocenters. The Labute approximate surface area is 304 Å². The number of carbonyl (C=O) groups is 1. The first-order valence-electron chi connectivity index (χ1n) is 22.6. The van der Waals surface area contributed by atoms with Crippen molar-refractivity contribution in [2.24, 2.45) is 5.92 Å². The highest BCUT2D eigenvalue weighted by molar-refractivity contribution is 5.72. The van der Waals surface area contributed by atoms with Crippen LogP contribution < -0.4 is 0 Å². The SMILES string of the molecule is CCCC/C=C\CCCCCCC(CCCCCCCCCCCCCCCC)C(=O)OCCCCCCCCCCCCCCCC. The molecule has 0 saturated carbocycles. The van der Waals surface area contributed by atoms with E-state index in [2.05, 4.69) is 32.9 Å². The molecule has 2 nitrogen and oxygen atoms in total. The number of hydrogen-bond acceptors (Lipinski definition) is 2. The fourth-order valence-electron chi connectivity index (χ4n) is 7.12. The molecule has 0 spiro atoms. The molecule has 0 radical (unpaired) electrons. The lowest BCUT2D eigenvalue weighted by atomic mass is 9.94. The van der Waals surface area contributed by atoms with Gasteiger partial charge in [0.25, 0.3) is 0 Å². The highest BCUT2D eigenvalue weighted by Crippen LogP contribution is 2.22. The van der Waals surface area contributed by atoms with Gasteiger partial charge in [-0.1, -0.05) is 238 Å². The first-order chi connectivity index (χ1) is 23.8. The number of hydrogen-bond donors (Lipinski definition) is 0. The van der Waals surface area contributed by atoms with Crippen LogP contribution in [0.25, 0.3) is 0 Å². The van der Waals surface area contributed by atoms with E-state index < -0.39 is 0 Å². The lowest BCUT2D eigenvalue weighted by Crippen LogP contribution is -2.18. The molecule has 48 heavy (non-hydrogen) atoms. The molecule has 0 aromatic carbocycles. The summed E-state index contributed by atoms with van der Waals surface area (Å²) in [6.07, 6.45) is 55.3. The predicted molar refractivity (Wildman–Crippen MR) is 216 cm³/mol. The average Bonchev–Trinajstić information content (AvgIpc) is 3.09. The number of carbonyl (C=O) groups excluding carboxylic acids is 1. The Bertz CT molecular complexity index is 626. The minimum atomic E-state index is 0.109. The smallest absolute Gasteiger partial charge is 0.308 e. The van der Waals surface area contributed by atoms with Crippen molar-refractivity contribution in [3.63, 3.8) is 0 Å². The van der Waals surface area contributed by atoms with Gasteiger partial charge in [0, 0.05) is 0 Å². The van der Waals surface area contributed by atoms with E-state index in [0.717, 1.165) is 19.3 Å². The molecule has 286 valence electrons. The fraction of sp³-hybridized carbons (Fsp3) is 0.935. The second kappa shape index (κ2) is 42.4. The molecule has 0 N–H and O–H groups in total. The van der Waals surface area contributed by atoms with Crippen LogP contribution in [0.5, 0.6) is 0 Å². The van der Waals surface area contributed by atoms with Crippen molar-refractivity contribution in [1.82, 2.24) is 0 Å². The van der Waals surface area contributed by atoms with Gasteiger partial charge in [0.1, 0.15) is 0 Å². The van der Waals surface area contributed by atoms with E-state index in [1.807, 2.05) is 0 Å². The van der Waals surface area contributed by atoms with E-state index in [9.17, 15) is 4.79 Å². The van der Waals surface area contributed by atoms with Crippen LogP contribution in [0, 0.1) is 5.92 Å². The number of rotatable bonds is 41. The van der Waals surface area contributed by atoms with Crippen LogP contribution in [0.3, 0.4) is 0 Å². The second-order valence-corrected chi connectivity index (χ2v) is 15.5. The van der Waals surface area contributed by atoms with E-state index >= 15 is 0 Å². The summed E-state index contributed by atoms with van der Waals surface area (Å²) in [5.41, 5.74) is 0. The standard InChI is InChI=1S/C46H90O2/c1-4-7-10-13-16-19-22-24-26-28-31-34-37-40-43-45(42-39-36-33-30-21-18-15-12-9-6-3)46(47)48-44-41-38-35-32-29-27-25-23-20-17-14-11-8-5-2/h15,18,45H,4-14,16-17,19-44H2,1-3H3/b18-15-. The van der Waals surface area contributed by atoms with Gasteiger partial charge in [-0.05, 0) is 38.5 Å². The van der Waals surface area contributed by atoms with Crippen molar-refractivity contribution in [3.05, 3.63) is 12.2 Å². The van der Waals surface area contributed by atoms with Crippen LogP contribution >= 0.6 is 0 Å². The Morgan fingerprint density at radius 1 is 0.375 bits per heavy atom. The summed E-state index contributed by atoms with van der Waals surface area (Å²) >= 11 is 0. The zero-order valence-electron chi connectivity index (χ0n) is 33.6. The van der Waals surface area contributed by atoms with Crippen molar-refractivity contribution < 1.29 is 9.53 Å². The quantitative estimate of drug-likeness (QED) is 0.0366. The van der Waals surface area contributed by atoms with Crippen LogP contribution in [0.1, 0.15) is 265 Å². The molecule has 0 saturated heterocycles. The van der Waals surface area contributed by atoms with E-state index in [0.29, 0.717) is 6.61 Å². The van der Waals surface area contributed by atoms with Crippen LogP contribution in [0.2, 0.25) is 0 Å². The van der Waals surface area contributed by atoms with Gasteiger partial charge in [0.2, 0.25) is 0 Å². The molecule has 0 heterocycles. The molecule has 0 aromatic heterocycles. The summed E-state index contributed by atoms with van der Waals surface area (Å²) in [6, 6.07) is 0. The van der Waals surface area contributed by atoms with E-state index in [1.54, 1.807) is 0 Å². The summed E-state index contributed by atoms with van der Waals surface area (Å²) in [6.45, 7) is 7.49. The molecule has 0 fully saturated rings. The monoisotopic (exact) mass is 675 g/mol. The summed E-state index contributed by atoms with van der Waals surface area (Å²) in [4.78, 5) is 13.1. The lowest BCUT2D eigenvalue weighted by Gasteiger charge is -2.16. The zero-order chi connectivity index (χ0) is 34.9. The third kappa shape index (κ3) is 38.0. The highest BCUT2D eigenvalue weighted by atomic mass is 16.5. The van der Waals surface area contributed by atoms with Gasteiger partial charge in [0.15, 0.2) is 0 Å². The highest BCUT2D eigenvalue weighted by Gasteiger charge is 2.19. The largest absolute Gasteiger partial charge is 0.465 e. The summed E-state index contributed by atoms with van der Waals surface area (Å²) in [5.74, 6) is 0.237. The van der Waals surface area contributed by atoms with E-state index in [-0.39, 0.29) is 11.9 Å². The zero-order valence-corrected chi connectivity index (χ0v) is 33.6. The maximum atomic E-state index is 13.1. The fourth-order valence-corrected chi connectivity index (χ4v) is 7.12. The maximum Gasteiger partial charge on any atom is 0.308 e. The maximum absolute atomic E-state index is 13.1. The topological polar surface area (TPSA) is 26.3 Å². The number of esters is 1. The van der Waals surface area contributed by atoms with E-state index in [4.69, 9.17) is 4.74 Å². The molecule has 0 amide bonds. The first-order valence-corrected chi connectivity index (χ1v) is 22.6. The summed E-state index contributed by atoms with van der Waals surface area (Å²) < 4.78 is 5.88. The Hall–Kier alpha value is -0.790. The van der Waals surface area contributed by atoms with Crippen LogP contribution in [0.15, 0.2) is 12.2 Å². The molecule has 0 aliphatic rings.